The van der Waals surface area contributed by atoms with Gasteiger partial charge in [0.1, 0.15) is 11.5 Å². The van der Waals surface area contributed by atoms with Crippen LogP contribution in [0.4, 0.5) is 5.82 Å². The zero-order chi connectivity index (χ0) is 18.5. The lowest BCUT2D eigenvalue weighted by Gasteiger charge is -2.32. The van der Waals surface area contributed by atoms with Crippen molar-refractivity contribution in [3.05, 3.63) is 72.2 Å². The van der Waals surface area contributed by atoms with E-state index in [1.54, 1.807) is 24.7 Å². The maximum Gasteiger partial charge on any atom is 0.275 e. The van der Waals surface area contributed by atoms with Crippen molar-refractivity contribution in [3.63, 3.8) is 0 Å². The molecule has 1 saturated heterocycles. The van der Waals surface area contributed by atoms with Crippen LogP contribution < -0.4 is 5.32 Å². The molecule has 4 rings (SSSR count). The van der Waals surface area contributed by atoms with Crippen LogP contribution in [0.5, 0.6) is 0 Å². The lowest BCUT2D eigenvalue weighted by Crippen LogP contribution is -2.34. The fraction of sp³-hybridized carbons (Fsp3) is 0.300. The summed E-state index contributed by atoms with van der Waals surface area (Å²) in [6.07, 6.45) is 7.42. The Morgan fingerprint density at radius 2 is 2.22 bits per heavy atom. The average Bonchev–Trinajstić information content (AvgIpc) is 3.22. The number of likely N-dealkylation sites (tertiary alicyclic amines) is 1. The number of carbonyl (C=O) groups excluding carboxylic acids is 1. The van der Waals surface area contributed by atoms with E-state index < -0.39 is 0 Å². The molecule has 138 valence electrons. The average molecular weight is 362 g/mol. The summed E-state index contributed by atoms with van der Waals surface area (Å²) < 4.78 is 0. The third kappa shape index (κ3) is 4.38. The van der Waals surface area contributed by atoms with Crippen LogP contribution >= 0.6 is 0 Å². The number of aromatic amines is 1. The van der Waals surface area contributed by atoms with E-state index in [0.29, 0.717) is 17.4 Å². The van der Waals surface area contributed by atoms with Gasteiger partial charge in [-0.1, -0.05) is 12.1 Å². The van der Waals surface area contributed by atoms with E-state index in [2.05, 4.69) is 30.2 Å². The first-order valence-electron chi connectivity index (χ1n) is 9.17. The molecule has 0 bridgehead atoms. The number of hydrogen-bond acceptors (Lipinski definition) is 5. The van der Waals surface area contributed by atoms with Crippen molar-refractivity contribution in [2.45, 2.75) is 25.3 Å². The molecule has 0 aromatic carbocycles. The molecule has 0 aliphatic carbocycles. The van der Waals surface area contributed by atoms with Gasteiger partial charge in [-0.2, -0.15) is 0 Å². The highest BCUT2D eigenvalue weighted by atomic mass is 16.1. The topological polar surface area (TPSA) is 86.8 Å². The molecular formula is C20H22N6O. The Labute approximate surface area is 157 Å². The fourth-order valence-corrected chi connectivity index (χ4v) is 3.47. The maximum absolute atomic E-state index is 12.5. The number of pyridine rings is 2. The van der Waals surface area contributed by atoms with Gasteiger partial charge in [0.15, 0.2) is 0 Å². The van der Waals surface area contributed by atoms with Gasteiger partial charge in [-0.15, -0.1) is 0 Å². The second kappa shape index (κ2) is 8.09. The highest BCUT2D eigenvalue weighted by molar-refractivity contribution is 6.02. The minimum Gasteiger partial charge on any atom is -0.347 e. The number of anilines is 1. The van der Waals surface area contributed by atoms with Crippen LogP contribution in [-0.2, 0) is 6.54 Å². The van der Waals surface area contributed by atoms with Crippen molar-refractivity contribution in [1.29, 1.82) is 0 Å². The van der Waals surface area contributed by atoms with Gasteiger partial charge in [-0.05, 0) is 43.7 Å². The largest absolute Gasteiger partial charge is 0.347 e. The number of piperidine rings is 1. The Balaban J connectivity index is 1.44. The van der Waals surface area contributed by atoms with Crippen molar-refractivity contribution in [2.24, 2.45) is 0 Å². The molecule has 2 N–H and O–H groups in total. The molecule has 3 aromatic rings. The van der Waals surface area contributed by atoms with Gasteiger partial charge >= 0.3 is 0 Å². The summed E-state index contributed by atoms with van der Waals surface area (Å²) in [6.45, 7) is 2.85. The van der Waals surface area contributed by atoms with Gasteiger partial charge in [0.05, 0.1) is 6.33 Å². The lowest BCUT2D eigenvalue weighted by molar-refractivity contribution is 0.102. The van der Waals surface area contributed by atoms with Crippen LogP contribution in [0.1, 0.15) is 40.6 Å². The van der Waals surface area contributed by atoms with Crippen LogP contribution in [-0.4, -0.2) is 43.8 Å². The van der Waals surface area contributed by atoms with E-state index in [0.717, 1.165) is 43.9 Å². The molecule has 3 aromatic heterocycles. The van der Waals surface area contributed by atoms with Crippen LogP contribution in [0.2, 0.25) is 0 Å². The Kier molecular flexibility index (Phi) is 5.20. The number of carbonyl (C=O) groups is 1. The van der Waals surface area contributed by atoms with E-state index >= 15 is 0 Å². The maximum atomic E-state index is 12.5. The zero-order valence-corrected chi connectivity index (χ0v) is 15.0. The minimum atomic E-state index is -0.235. The molecule has 0 spiro atoms. The highest BCUT2D eigenvalue weighted by Crippen LogP contribution is 2.26. The van der Waals surface area contributed by atoms with E-state index in [9.17, 15) is 4.79 Å². The number of aromatic nitrogens is 4. The number of nitrogens with zero attached hydrogens (tertiary/aromatic N) is 4. The second-order valence-electron chi connectivity index (χ2n) is 6.77. The third-order valence-electron chi connectivity index (χ3n) is 4.78. The molecule has 1 aliphatic heterocycles. The zero-order valence-electron chi connectivity index (χ0n) is 15.0. The monoisotopic (exact) mass is 362 g/mol. The van der Waals surface area contributed by atoms with Gasteiger partial charge in [0.2, 0.25) is 0 Å². The second-order valence-corrected chi connectivity index (χ2v) is 6.77. The number of hydrogen-bond donors (Lipinski definition) is 2. The Morgan fingerprint density at radius 3 is 3.04 bits per heavy atom. The van der Waals surface area contributed by atoms with Crippen molar-refractivity contribution in [1.82, 2.24) is 24.8 Å². The van der Waals surface area contributed by atoms with E-state index in [4.69, 9.17) is 0 Å². The number of amides is 1. The number of rotatable bonds is 5. The van der Waals surface area contributed by atoms with Crippen molar-refractivity contribution < 1.29 is 4.79 Å². The highest BCUT2D eigenvalue weighted by Gasteiger charge is 2.23. The molecule has 4 heterocycles. The first-order chi connectivity index (χ1) is 13.3. The first kappa shape index (κ1) is 17.4. The van der Waals surface area contributed by atoms with Gasteiger partial charge in [0, 0.05) is 42.8 Å². The van der Waals surface area contributed by atoms with Crippen molar-refractivity contribution in [2.75, 3.05) is 18.4 Å². The number of nitrogens with one attached hydrogen (secondary N) is 2. The van der Waals surface area contributed by atoms with Crippen molar-refractivity contribution >= 4 is 11.7 Å². The predicted molar refractivity (Wildman–Crippen MR) is 102 cm³/mol. The number of H-pyrrole nitrogens is 1. The summed E-state index contributed by atoms with van der Waals surface area (Å²) in [5.41, 5.74) is 2.51. The Bertz CT molecular complexity index is 881. The summed E-state index contributed by atoms with van der Waals surface area (Å²) >= 11 is 0. The standard InChI is InChI=1S/C20H22N6O/c27-20(25-19-8-1-2-9-22-19)18-7-3-6-17(24-18)15-5-4-10-26(12-15)13-16-11-21-14-23-16/h1-3,6-9,11,14-15H,4-5,10,12-13H2,(H,21,23)(H,22,25,27)/t15-/m1/s1. The quantitative estimate of drug-likeness (QED) is 0.729. The van der Waals surface area contributed by atoms with Gasteiger partial charge in [-0.25, -0.2) is 15.0 Å². The normalized spacial score (nSPS) is 17.6. The first-order valence-corrected chi connectivity index (χ1v) is 9.17. The molecule has 0 radical (unpaired) electrons. The van der Waals surface area contributed by atoms with E-state index in [1.807, 2.05) is 30.5 Å². The number of imidazole rings is 1. The summed E-state index contributed by atoms with van der Waals surface area (Å²) in [5.74, 6) is 0.614. The minimum absolute atomic E-state index is 0.235. The molecule has 1 aliphatic rings. The molecule has 27 heavy (non-hydrogen) atoms. The summed E-state index contributed by atoms with van der Waals surface area (Å²) in [4.78, 5) is 30.9. The molecule has 7 heteroatoms. The molecule has 0 unspecified atom stereocenters. The molecule has 7 nitrogen and oxygen atoms in total. The fourth-order valence-electron chi connectivity index (χ4n) is 3.47. The summed E-state index contributed by atoms with van der Waals surface area (Å²) in [6, 6.07) is 11.1. The molecular weight excluding hydrogens is 340 g/mol. The van der Waals surface area contributed by atoms with E-state index in [1.165, 1.54) is 0 Å². The van der Waals surface area contributed by atoms with E-state index in [-0.39, 0.29) is 5.91 Å². The van der Waals surface area contributed by atoms with Crippen LogP contribution in [0, 0.1) is 0 Å². The summed E-state index contributed by atoms with van der Waals surface area (Å²) in [7, 11) is 0. The SMILES string of the molecule is O=C(Nc1ccccn1)c1cccc([C@@H]2CCCN(Cc3cnc[nH]3)C2)n1. The summed E-state index contributed by atoms with van der Waals surface area (Å²) in [5, 5.41) is 2.79. The molecule has 0 saturated carbocycles. The molecule has 1 amide bonds. The van der Waals surface area contributed by atoms with Gasteiger partial charge in [0.25, 0.3) is 5.91 Å². The van der Waals surface area contributed by atoms with Crippen LogP contribution in [0.3, 0.4) is 0 Å². The lowest BCUT2D eigenvalue weighted by atomic mass is 9.94. The Hall–Kier alpha value is -3.06. The van der Waals surface area contributed by atoms with Crippen LogP contribution in [0.15, 0.2) is 55.1 Å². The molecule has 1 fully saturated rings. The van der Waals surface area contributed by atoms with Crippen molar-refractivity contribution in [3.8, 4) is 0 Å². The van der Waals surface area contributed by atoms with Gasteiger partial charge < -0.3 is 10.3 Å². The smallest absolute Gasteiger partial charge is 0.275 e. The van der Waals surface area contributed by atoms with Gasteiger partial charge in [-0.3, -0.25) is 9.69 Å². The molecule has 1 atom stereocenters. The Morgan fingerprint density at radius 1 is 1.26 bits per heavy atom. The third-order valence-corrected chi connectivity index (χ3v) is 4.78. The van der Waals surface area contributed by atoms with Crippen LogP contribution in [0.25, 0.3) is 0 Å². The predicted octanol–water partition coefficient (Wildman–Crippen LogP) is 2.83.